The number of pyridine rings is 1. The summed E-state index contributed by atoms with van der Waals surface area (Å²) < 4.78 is 0. The lowest BCUT2D eigenvalue weighted by atomic mass is 10.0. The fourth-order valence-electron chi connectivity index (χ4n) is 4.59. The maximum atomic E-state index is 12.3. The Balaban J connectivity index is 1.67. The minimum Gasteiger partial charge on any atom is -0.419 e. The highest BCUT2D eigenvalue weighted by atomic mass is 16.6. The Morgan fingerprint density at radius 3 is 2.51 bits per heavy atom. The zero-order valence-electron chi connectivity index (χ0n) is 22.9. The van der Waals surface area contributed by atoms with Crippen LogP contribution in [0.4, 0.5) is 5.69 Å². The van der Waals surface area contributed by atoms with E-state index in [0.29, 0.717) is 0 Å². The van der Waals surface area contributed by atoms with Gasteiger partial charge < -0.3 is 20.0 Å². The Morgan fingerprint density at radius 1 is 1.16 bits per heavy atom. The van der Waals surface area contributed by atoms with Gasteiger partial charge in [0, 0.05) is 88.3 Å². The van der Waals surface area contributed by atoms with Crippen molar-refractivity contribution in [3.8, 4) is 0 Å². The molecule has 1 amide bonds. The molecule has 1 fully saturated rings. The highest BCUT2D eigenvalue weighted by Crippen LogP contribution is 2.24. The summed E-state index contributed by atoms with van der Waals surface area (Å²) in [6.45, 7) is 11.1. The van der Waals surface area contributed by atoms with Crippen LogP contribution in [-0.2, 0) is 4.84 Å². The van der Waals surface area contributed by atoms with Crippen LogP contribution in [0.2, 0.25) is 0 Å². The van der Waals surface area contributed by atoms with Crippen LogP contribution in [0.1, 0.15) is 39.7 Å². The summed E-state index contributed by atoms with van der Waals surface area (Å²) in [5, 5.41) is 3.15. The van der Waals surface area contributed by atoms with Gasteiger partial charge >= 0.3 is 0 Å². The highest BCUT2D eigenvalue weighted by molar-refractivity contribution is 5.94. The number of likely N-dealkylation sites (N-methyl/N-ethyl adjacent to an activating group) is 1. The van der Waals surface area contributed by atoms with Gasteiger partial charge in [0.25, 0.3) is 5.91 Å². The topological polar surface area (TPSA) is 87.0 Å². The molecule has 198 valence electrons. The van der Waals surface area contributed by atoms with Crippen molar-refractivity contribution in [3.63, 3.8) is 0 Å². The van der Waals surface area contributed by atoms with E-state index in [9.17, 15) is 4.79 Å². The van der Waals surface area contributed by atoms with Gasteiger partial charge in [0.05, 0.1) is 0 Å². The minimum atomic E-state index is 0.0347. The summed E-state index contributed by atoms with van der Waals surface area (Å²) in [6.07, 6.45) is 9.35. The van der Waals surface area contributed by atoms with E-state index in [2.05, 4.69) is 57.0 Å². The number of anilines is 1. The number of nitrogens with two attached hydrogens (primary N) is 1. The number of aromatic nitrogens is 1. The van der Waals surface area contributed by atoms with Gasteiger partial charge in [0.15, 0.2) is 0 Å². The van der Waals surface area contributed by atoms with Crippen LogP contribution in [0.25, 0.3) is 12.2 Å². The number of allylic oxidation sites excluding steroid dienone is 1. The van der Waals surface area contributed by atoms with Crippen LogP contribution in [0.15, 0.2) is 54.1 Å². The third-order valence-corrected chi connectivity index (χ3v) is 6.58. The van der Waals surface area contributed by atoms with Crippen molar-refractivity contribution in [2.45, 2.75) is 20.8 Å². The normalized spacial score (nSPS) is 15.3. The van der Waals surface area contributed by atoms with Crippen LogP contribution in [-0.4, -0.2) is 74.6 Å². The lowest BCUT2D eigenvalue weighted by molar-refractivity contribution is 0.0827. The van der Waals surface area contributed by atoms with E-state index in [4.69, 9.17) is 5.90 Å². The number of nitrogens with one attached hydrogen (secondary N) is 1. The van der Waals surface area contributed by atoms with Gasteiger partial charge in [-0.1, -0.05) is 11.6 Å². The Bertz CT molecular complexity index is 1180. The molecule has 8 nitrogen and oxygen atoms in total. The maximum Gasteiger partial charge on any atom is 0.253 e. The summed E-state index contributed by atoms with van der Waals surface area (Å²) in [5.41, 5.74) is 8.42. The largest absolute Gasteiger partial charge is 0.419 e. The number of carbonyl (C=O) groups is 1. The first-order chi connectivity index (χ1) is 17.7. The number of rotatable bonds is 9. The SMILES string of the molecule is CNC(/C=C\ON)=C/c1ccnc(C)c1/C=C(\C)CN1CCN(c2ccc(C(=O)N(C)C)cc2C)CC1. The molecule has 2 aromatic rings. The van der Waals surface area contributed by atoms with Crippen molar-refractivity contribution in [2.24, 2.45) is 5.90 Å². The highest BCUT2D eigenvalue weighted by Gasteiger charge is 2.20. The Labute approximate surface area is 221 Å². The Hall–Kier alpha value is -3.62. The Morgan fingerprint density at radius 2 is 1.89 bits per heavy atom. The van der Waals surface area contributed by atoms with Crippen molar-refractivity contribution < 1.29 is 9.63 Å². The Kier molecular flexibility index (Phi) is 9.88. The van der Waals surface area contributed by atoms with Gasteiger partial charge in [0.2, 0.25) is 0 Å². The fraction of sp³-hybridized carbons (Fsp3) is 0.379. The van der Waals surface area contributed by atoms with Gasteiger partial charge in [-0.2, -0.15) is 5.90 Å². The summed E-state index contributed by atoms with van der Waals surface area (Å²) in [5.74, 6) is 5.16. The van der Waals surface area contributed by atoms with E-state index in [1.807, 2.05) is 38.4 Å². The van der Waals surface area contributed by atoms with E-state index >= 15 is 0 Å². The third kappa shape index (κ3) is 7.44. The standard InChI is InChI=1S/C29H40N6O2/c1-21(17-27-23(3)32-11-9-24(27)19-26(31-4)10-16-37-30)20-34-12-14-35(15-13-34)28-8-7-25(18-22(28)2)29(36)33(5)6/h7-11,16-19,31H,12-15,20,30H2,1-6H3/b16-10-,21-17+,26-19+. The molecule has 0 radical (unpaired) electrons. The molecule has 1 saturated heterocycles. The van der Waals surface area contributed by atoms with E-state index in [1.54, 1.807) is 25.1 Å². The molecule has 0 atom stereocenters. The first kappa shape index (κ1) is 28.0. The molecule has 0 aliphatic carbocycles. The van der Waals surface area contributed by atoms with Crippen LogP contribution < -0.4 is 16.1 Å². The molecular weight excluding hydrogens is 464 g/mol. The van der Waals surface area contributed by atoms with Crippen molar-refractivity contribution in [1.82, 2.24) is 20.1 Å². The molecule has 1 aromatic carbocycles. The number of carbonyl (C=O) groups excluding carboxylic acids is 1. The average molecular weight is 505 g/mol. The second-order valence-corrected chi connectivity index (χ2v) is 9.64. The predicted molar refractivity (Wildman–Crippen MR) is 152 cm³/mol. The molecule has 8 heteroatoms. The van der Waals surface area contributed by atoms with E-state index < -0.39 is 0 Å². The van der Waals surface area contributed by atoms with Crippen LogP contribution in [0.3, 0.4) is 0 Å². The number of piperazine rings is 1. The van der Waals surface area contributed by atoms with Crippen molar-refractivity contribution >= 4 is 23.7 Å². The van der Waals surface area contributed by atoms with Gasteiger partial charge in [0.1, 0.15) is 6.26 Å². The first-order valence-corrected chi connectivity index (χ1v) is 12.6. The number of benzene rings is 1. The monoisotopic (exact) mass is 504 g/mol. The van der Waals surface area contributed by atoms with E-state index in [0.717, 1.165) is 66.4 Å². The number of amides is 1. The van der Waals surface area contributed by atoms with Crippen molar-refractivity contribution in [3.05, 3.63) is 82.0 Å². The quantitative estimate of drug-likeness (QED) is 0.307. The van der Waals surface area contributed by atoms with Gasteiger partial charge in [-0.05, 0) is 68.3 Å². The minimum absolute atomic E-state index is 0.0347. The molecule has 2 heterocycles. The molecule has 0 spiro atoms. The summed E-state index contributed by atoms with van der Waals surface area (Å²) in [4.78, 5) is 27.9. The molecule has 1 aromatic heterocycles. The van der Waals surface area contributed by atoms with Crippen molar-refractivity contribution in [2.75, 3.05) is 58.8 Å². The molecule has 1 aliphatic rings. The summed E-state index contributed by atoms with van der Waals surface area (Å²) in [6, 6.07) is 8.03. The van der Waals surface area contributed by atoms with Gasteiger partial charge in [-0.15, -0.1) is 0 Å². The maximum absolute atomic E-state index is 12.3. The molecule has 1 aliphatic heterocycles. The molecule has 0 saturated carbocycles. The lowest BCUT2D eigenvalue weighted by Gasteiger charge is -2.37. The lowest BCUT2D eigenvalue weighted by Crippen LogP contribution is -2.47. The summed E-state index contributed by atoms with van der Waals surface area (Å²) in [7, 11) is 5.43. The average Bonchev–Trinajstić information content (AvgIpc) is 2.88. The fourth-order valence-corrected chi connectivity index (χ4v) is 4.59. The van der Waals surface area contributed by atoms with Crippen molar-refractivity contribution in [1.29, 1.82) is 0 Å². The van der Waals surface area contributed by atoms with E-state index in [-0.39, 0.29) is 5.91 Å². The van der Waals surface area contributed by atoms with Gasteiger partial charge in [-0.3, -0.25) is 14.7 Å². The number of aryl methyl sites for hydroxylation is 2. The second kappa shape index (κ2) is 13.1. The number of hydrogen-bond acceptors (Lipinski definition) is 7. The number of hydrogen-bond donors (Lipinski definition) is 2. The summed E-state index contributed by atoms with van der Waals surface area (Å²) >= 11 is 0. The molecular formula is C29H40N6O2. The zero-order chi connectivity index (χ0) is 26.9. The second-order valence-electron chi connectivity index (χ2n) is 9.64. The molecule has 3 N–H and O–H groups in total. The smallest absolute Gasteiger partial charge is 0.253 e. The molecule has 3 rings (SSSR count). The number of nitrogens with zero attached hydrogens (tertiary/aromatic N) is 4. The first-order valence-electron chi connectivity index (χ1n) is 12.6. The molecule has 0 bridgehead atoms. The zero-order valence-corrected chi connectivity index (χ0v) is 22.9. The van der Waals surface area contributed by atoms with Gasteiger partial charge in [-0.25, -0.2) is 0 Å². The predicted octanol–water partition coefficient (Wildman–Crippen LogP) is 3.59. The molecule has 37 heavy (non-hydrogen) atoms. The van der Waals surface area contributed by atoms with Crippen LogP contribution in [0, 0.1) is 13.8 Å². The third-order valence-electron chi connectivity index (χ3n) is 6.58. The van der Waals surface area contributed by atoms with Crippen LogP contribution >= 0.6 is 0 Å². The molecule has 0 unspecified atom stereocenters. The van der Waals surface area contributed by atoms with Crippen LogP contribution in [0.5, 0.6) is 0 Å². The van der Waals surface area contributed by atoms with E-state index in [1.165, 1.54) is 17.5 Å².